The molecule has 0 bridgehead atoms. The molecule has 0 heterocycles. The minimum Gasteiger partial charge on any atom is -0.326 e. The maximum Gasteiger partial charge on any atom is 0.0496 e. The SMILES string of the molecule is CCC(N)C(c1cccc(C)c1)N(C)CC1CCCCC1. The molecule has 0 amide bonds. The van der Waals surface area contributed by atoms with Crippen LogP contribution in [0.1, 0.15) is 62.6 Å². The van der Waals surface area contributed by atoms with Crippen molar-refractivity contribution in [3.8, 4) is 0 Å². The Morgan fingerprint density at radius 1 is 1.24 bits per heavy atom. The number of hydrogen-bond donors (Lipinski definition) is 1. The molecular weight excluding hydrogens is 256 g/mol. The fourth-order valence-corrected chi connectivity index (χ4v) is 3.80. The van der Waals surface area contributed by atoms with Gasteiger partial charge in [-0.1, -0.05) is 56.0 Å². The molecule has 0 aliphatic heterocycles. The van der Waals surface area contributed by atoms with Gasteiger partial charge in [0, 0.05) is 18.6 Å². The molecule has 1 fully saturated rings. The first-order valence-electron chi connectivity index (χ1n) is 8.64. The molecule has 2 N–H and O–H groups in total. The molecule has 2 heteroatoms. The molecule has 2 atom stereocenters. The summed E-state index contributed by atoms with van der Waals surface area (Å²) in [7, 11) is 2.26. The van der Waals surface area contributed by atoms with Crippen LogP contribution in [0.25, 0.3) is 0 Å². The molecule has 0 spiro atoms. The van der Waals surface area contributed by atoms with Crippen LogP contribution in [0.5, 0.6) is 0 Å². The Bertz CT molecular complexity index is 423. The first-order valence-corrected chi connectivity index (χ1v) is 8.64. The quantitative estimate of drug-likeness (QED) is 0.846. The molecule has 1 saturated carbocycles. The zero-order chi connectivity index (χ0) is 15.2. The number of rotatable bonds is 6. The van der Waals surface area contributed by atoms with E-state index in [0.717, 1.165) is 12.3 Å². The second kappa shape index (κ2) is 7.95. The lowest BCUT2D eigenvalue weighted by Gasteiger charge is -2.36. The summed E-state index contributed by atoms with van der Waals surface area (Å²) in [5.74, 6) is 0.861. The molecule has 0 saturated heterocycles. The molecule has 1 aromatic rings. The van der Waals surface area contributed by atoms with Gasteiger partial charge in [-0.3, -0.25) is 4.90 Å². The Morgan fingerprint density at radius 2 is 1.95 bits per heavy atom. The number of nitrogens with zero attached hydrogens (tertiary/aromatic N) is 1. The van der Waals surface area contributed by atoms with Crippen LogP contribution in [0.4, 0.5) is 0 Å². The fourth-order valence-electron chi connectivity index (χ4n) is 3.80. The average molecular weight is 288 g/mol. The van der Waals surface area contributed by atoms with E-state index in [4.69, 9.17) is 5.73 Å². The standard InChI is InChI=1S/C19H32N2/c1-4-18(20)19(17-12-8-9-15(2)13-17)21(3)14-16-10-6-5-7-11-16/h8-9,12-13,16,18-19H,4-7,10-11,14,20H2,1-3H3. The van der Waals surface area contributed by atoms with E-state index in [1.54, 1.807) is 0 Å². The number of aryl methyl sites for hydroxylation is 1. The van der Waals surface area contributed by atoms with Gasteiger partial charge >= 0.3 is 0 Å². The highest BCUT2D eigenvalue weighted by Gasteiger charge is 2.25. The monoisotopic (exact) mass is 288 g/mol. The predicted molar refractivity (Wildman–Crippen MR) is 91.4 cm³/mol. The summed E-state index contributed by atoms with van der Waals surface area (Å²) in [6.07, 6.45) is 8.06. The summed E-state index contributed by atoms with van der Waals surface area (Å²) in [4.78, 5) is 2.51. The van der Waals surface area contributed by atoms with E-state index in [1.807, 2.05) is 0 Å². The molecule has 0 radical (unpaired) electrons. The van der Waals surface area contributed by atoms with Crippen molar-refractivity contribution in [2.75, 3.05) is 13.6 Å². The first kappa shape index (κ1) is 16.5. The van der Waals surface area contributed by atoms with Crippen molar-refractivity contribution in [3.63, 3.8) is 0 Å². The van der Waals surface area contributed by atoms with Crippen molar-refractivity contribution in [1.82, 2.24) is 4.90 Å². The van der Waals surface area contributed by atoms with Crippen LogP contribution in [0, 0.1) is 12.8 Å². The minimum atomic E-state index is 0.209. The normalized spacial score (nSPS) is 19.7. The van der Waals surface area contributed by atoms with Crippen LogP contribution in [-0.2, 0) is 0 Å². The van der Waals surface area contributed by atoms with Gasteiger partial charge in [0.15, 0.2) is 0 Å². The van der Waals surface area contributed by atoms with Crippen molar-refractivity contribution in [1.29, 1.82) is 0 Å². The smallest absolute Gasteiger partial charge is 0.0496 e. The van der Waals surface area contributed by atoms with Crippen molar-refractivity contribution in [2.45, 2.75) is 64.5 Å². The number of nitrogens with two attached hydrogens (primary N) is 1. The number of benzene rings is 1. The number of hydrogen-bond acceptors (Lipinski definition) is 2. The zero-order valence-corrected chi connectivity index (χ0v) is 14.0. The van der Waals surface area contributed by atoms with E-state index in [-0.39, 0.29) is 6.04 Å². The lowest BCUT2D eigenvalue weighted by Crippen LogP contribution is -2.41. The molecule has 118 valence electrons. The van der Waals surface area contributed by atoms with Gasteiger partial charge in [0.2, 0.25) is 0 Å². The van der Waals surface area contributed by atoms with Gasteiger partial charge in [0.25, 0.3) is 0 Å². The molecule has 1 aliphatic rings. The highest BCUT2D eigenvalue weighted by molar-refractivity contribution is 5.26. The van der Waals surface area contributed by atoms with Gasteiger partial charge in [0.05, 0.1) is 0 Å². The highest BCUT2D eigenvalue weighted by atomic mass is 15.1. The first-order chi connectivity index (χ1) is 10.1. The Balaban J connectivity index is 2.11. The second-order valence-electron chi connectivity index (χ2n) is 6.87. The summed E-state index contributed by atoms with van der Waals surface area (Å²) in [6, 6.07) is 9.42. The average Bonchev–Trinajstić information content (AvgIpc) is 2.48. The zero-order valence-electron chi connectivity index (χ0n) is 14.0. The van der Waals surface area contributed by atoms with Crippen LogP contribution in [0.3, 0.4) is 0 Å². The Morgan fingerprint density at radius 3 is 2.57 bits per heavy atom. The second-order valence-corrected chi connectivity index (χ2v) is 6.87. The molecule has 1 aliphatic carbocycles. The molecule has 21 heavy (non-hydrogen) atoms. The van der Waals surface area contributed by atoms with Crippen molar-refractivity contribution >= 4 is 0 Å². The fraction of sp³-hybridized carbons (Fsp3) is 0.684. The van der Waals surface area contributed by atoms with Crippen LogP contribution in [0.15, 0.2) is 24.3 Å². The van der Waals surface area contributed by atoms with Gasteiger partial charge in [0.1, 0.15) is 0 Å². The summed E-state index contributed by atoms with van der Waals surface area (Å²) in [5, 5.41) is 0. The highest BCUT2D eigenvalue weighted by Crippen LogP contribution is 2.29. The maximum absolute atomic E-state index is 6.46. The molecule has 2 unspecified atom stereocenters. The lowest BCUT2D eigenvalue weighted by molar-refractivity contribution is 0.161. The minimum absolute atomic E-state index is 0.209. The van der Waals surface area contributed by atoms with Gasteiger partial charge in [-0.05, 0) is 44.7 Å². The van der Waals surface area contributed by atoms with Gasteiger partial charge in [-0.2, -0.15) is 0 Å². The van der Waals surface area contributed by atoms with Gasteiger partial charge in [-0.25, -0.2) is 0 Å². The van der Waals surface area contributed by atoms with Crippen molar-refractivity contribution in [3.05, 3.63) is 35.4 Å². The predicted octanol–water partition coefficient (Wildman–Crippen LogP) is 4.29. The number of likely N-dealkylation sites (N-methyl/N-ethyl adjacent to an activating group) is 1. The topological polar surface area (TPSA) is 29.3 Å². The van der Waals surface area contributed by atoms with E-state index < -0.39 is 0 Å². The van der Waals surface area contributed by atoms with Crippen LogP contribution in [0.2, 0.25) is 0 Å². The summed E-state index contributed by atoms with van der Waals surface area (Å²) < 4.78 is 0. The Kier molecular flexibility index (Phi) is 6.25. The van der Waals surface area contributed by atoms with Crippen LogP contribution < -0.4 is 5.73 Å². The van der Waals surface area contributed by atoms with Crippen molar-refractivity contribution in [2.24, 2.45) is 11.7 Å². The molecular formula is C19H32N2. The van der Waals surface area contributed by atoms with Gasteiger partial charge in [-0.15, -0.1) is 0 Å². The van der Waals surface area contributed by atoms with E-state index in [1.165, 1.54) is 49.8 Å². The van der Waals surface area contributed by atoms with Gasteiger partial charge < -0.3 is 5.73 Å². The summed E-state index contributed by atoms with van der Waals surface area (Å²) >= 11 is 0. The van der Waals surface area contributed by atoms with E-state index >= 15 is 0 Å². The van der Waals surface area contributed by atoms with Crippen LogP contribution >= 0.6 is 0 Å². The van der Waals surface area contributed by atoms with Crippen molar-refractivity contribution < 1.29 is 0 Å². The Hall–Kier alpha value is -0.860. The van der Waals surface area contributed by atoms with E-state index in [0.29, 0.717) is 6.04 Å². The summed E-state index contributed by atoms with van der Waals surface area (Å²) in [6.45, 7) is 5.55. The summed E-state index contributed by atoms with van der Waals surface area (Å²) in [5.41, 5.74) is 9.17. The maximum atomic E-state index is 6.46. The largest absolute Gasteiger partial charge is 0.326 e. The van der Waals surface area contributed by atoms with Crippen LogP contribution in [-0.4, -0.2) is 24.5 Å². The van der Waals surface area contributed by atoms with E-state index in [2.05, 4.69) is 50.1 Å². The third kappa shape index (κ3) is 4.55. The Labute approximate surface area is 130 Å². The molecule has 1 aromatic carbocycles. The molecule has 2 rings (SSSR count). The van der Waals surface area contributed by atoms with E-state index in [9.17, 15) is 0 Å². The lowest BCUT2D eigenvalue weighted by atomic mass is 9.87. The third-order valence-corrected chi connectivity index (χ3v) is 5.01. The third-order valence-electron chi connectivity index (χ3n) is 5.01. The molecule has 0 aromatic heterocycles. The molecule has 2 nitrogen and oxygen atoms in total.